The molecular weight excluding hydrogens is 543 g/mol. The molecule has 1 fully saturated rings. The number of benzene rings is 1. The van der Waals surface area contributed by atoms with Gasteiger partial charge in [-0.3, -0.25) is 9.59 Å². The zero-order valence-electron chi connectivity index (χ0n) is 20.6. The van der Waals surface area contributed by atoms with Gasteiger partial charge in [-0.1, -0.05) is 32.9 Å². The standard InChI is InChI=1S/C23H27FN4O6S3/c1-23(2,3)16-11-28(10-13-5-7-15(24)8-6-13)22(30)17(18(16)29)20-26-21-19(37(33,34)27-20)14(12-35-21)9-25-36(4,31)32/h5-8,12,16-17,25H,9-11H2,1-4H3,(H,26,27). The number of ketones is 1. The summed E-state index contributed by atoms with van der Waals surface area (Å²) in [6.45, 7) is 5.58. The number of halogens is 1. The number of hydrogen-bond donors (Lipinski definition) is 2. The highest BCUT2D eigenvalue weighted by atomic mass is 32.2. The fourth-order valence-corrected chi connectivity index (χ4v) is 7.40. The molecule has 200 valence electrons. The number of sulfonamides is 2. The molecule has 2 unspecified atom stereocenters. The third-order valence-corrected chi connectivity index (χ3v) is 9.42. The highest BCUT2D eigenvalue weighted by Gasteiger charge is 2.50. The van der Waals surface area contributed by atoms with Gasteiger partial charge in [0.2, 0.25) is 15.9 Å². The molecule has 2 N–H and O–H groups in total. The lowest BCUT2D eigenvalue weighted by Crippen LogP contribution is -2.57. The second-order valence-corrected chi connectivity index (χ2v) is 14.4. The second kappa shape index (κ2) is 9.57. The van der Waals surface area contributed by atoms with Gasteiger partial charge in [0.25, 0.3) is 10.0 Å². The monoisotopic (exact) mass is 570 g/mol. The van der Waals surface area contributed by atoms with Gasteiger partial charge < -0.3 is 10.2 Å². The molecular formula is C23H27FN4O6S3. The summed E-state index contributed by atoms with van der Waals surface area (Å²) in [7, 11) is -7.91. The number of nitrogens with zero attached hydrogens (tertiary/aromatic N) is 2. The van der Waals surface area contributed by atoms with E-state index in [1.807, 2.05) is 20.8 Å². The number of thiophene rings is 1. The lowest BCUT2D eigenvalue weighted by molar-refractivity contribution is -0.149. The van der Waals surface area contributed by atoms with E-state index in [0.717, 1.165) is 17.6 Å². The Labute approximate surface area is 219 Å². The molecule has 4 rings (SSSR count). The predicted octanol–water partition coefficient (Wildman–Crippen LogP) is 2.34. The van der Waals surface area contributed by atoms with Crippen LogP contribution < -0.4 is 10.0 Å². The molecule has 2 aromatic rings. The van der Waals surface area contributed by atoms with Gasteiger partial charge in [-0.25, -0.2) is 17.5 Å². The van der Waals surface area contributed by atoms with E-state index >= 15 is 0 Å². The van der Waals surface area contributed by atoms with Crippen LogP contribution in [0.3, 0.4) is 0 Å². The van der Waals surface area contributed by atoms with E-state index in [9.17, 15) is 30.8 Å². The average molecular weight is 571 g/mol. The summed E-state index contributed by atoms with van der Waals surface area (Å²) in [4.78, 5) is 28.4. The van der Waals surface area contributed by atoms with Crippen LogP contribution in [0.2, 0.25) is 0 Å². The minimum atomic E-state index is -4.34. The van der Waals surface area contributed by atoms with Gasteiger partial charge in [0, 0.05) is 31.1 Å². The van der Waals surface area contributed by atoms with Crippen LogP contribution in [0.5, 0.6) is 0 Å². The van der Waals surface area contributed by atoms with Gasteiger partial charge in [-0.15, -0.1) is 15.7 Å². The molecule has 2 aliphatic rings. The molecule has 10 nitrogen and oxygen atoms in total. The summed E-state index contributed by atoms with van der Waals surface area (Å²) in [5.74, 6) is -3.82. The van der Waals surface area contributed by atoms with E-state index < -0.39 is 54.8 Å². The lowest BCUT2D eigenvalue weighted by atomic mass is 9.71. The van der Waals surface area contributed by atoms with Crippen molar-refractivity contribution in [1.29, 1.82) is 0 Å². The molecule has 0 aliphatic carbocycles. The maximum Gasteiger partial charge on any atom is 0.287 e. The minimum Gasteiger partial charge on any atom is -0.337 e. The molecule has 0 spiro atoms. The van der Waals surface area contributed by atoms with Crippen LogP contribution in [0.1, 0.15) is 31.9 Å². The minimum absolute atomic E-state index is 0.112. The largest absolute Gasteiger partial charge is 0.337 e. The van der Waals surface area contributed by atoms with E-state index in [1.54, 1.807) is 12.1 Å². The van der Waals surface area contributed by atoms with Gasteiger partial charge in [0.05, 0.1) is 6.26 Å². The molecule has 2 aliphatic heterocycles. The zero-order chi connectivity index (χ0) is 27.3. The normalized spacial score (nSPS) is 21.9. The highest BCUT2D eigenvalue weighted by Crippen LogP contribution is 2.40. The summed E-state index contributed by atoms with van der Waals surface area (Å²) < 4.78 is 68.7. The Bertz CT molecular complexity index is 1490. The van der Waals surface area contributed by atoms with Crippen LogP contribution in [0.15, 0.2) is 38.9 Å². The number of nitrogens with one attached hydrogen (secondary N) is 2. The number of fused-ring (bicyclic) bond motifs is 1. The third-order valence-electron chi connectivity index (χ3n) is 6.25. The summed E-state index contributed by atoms with van der Waals surface area (Å²) in [5.41, 5.74) is 0.321. The third kappa shape index (κ3) is 5.76. The maximum atomic E-state index is 13.6. The first-order chi connectivity index (χ1) is 17.1. The molecule has 2 atom stereocenters. The van der Waals surface area contributed by atoms with Crippen molar-refractivity contribution in [3.8, 4) is 0 Å². The Morgan fingerprint density at radius 1 is 1.22 bits per heavy atom. The Hall–Kier alpha value is -2.68. The van der Waals surface area contributed by atoms with Crippen LogP contribution in [0, 0.1) is 23.1 Å². The average Bonchev–Trinajstić information content (AvgIpc) is 3.18. The number of rotatable bonds is 6. The van der Waals surface area contributed by atoms with E-state index in [-0.39, 0.29) is 40.9 Å². The number of amides is 1. The molecule has 3 heterocycles. The molecule has 1 saturated heterocycles. The molecule has 0 radical (unpaired) electrons. The van der Waals surface area contributed by atoms with Crippen LogP contribution in [-0.2, 0) is 42.7 Å². The number of amidine groups is 1. The highest BCUT2D eigenvalue weighted by molar-refractivity contribution is 7.91. The molecule has 1 aromatic heterocycles. The first kappa shape index (κ1) is 27.4. The van der Waals surface area contributed by atoms with Crippen LogP contribution in [0.4, 0.5) is 9.39 Å². The lowest BCUT2D eigenvalue weighted by Gasteiger charge is -2.42. The summed E-state index contributed by atoms with van der Waals surface area (Å²) >= 11 is 1.01. The zero-order valence-corrected chi connectivity index (χ0v) is 23.1. The van der Waals surface area contributed by atoms with Gasteiger partial charge >= 0.3 is 0 Å². The predicted molar refractivity (Wildman–Crippen MR) is 138 cm³/mol. The fraction of sp³-hybridized carbons (Fsp3) is 0.435. The van der Waals surface area contributed by atoms with Crippen molar-refractivity contribution in [1.82, 2.24) is 9.62 Å². The fourth-order valence-electron chi connectivity index (χ4n) is 4.33. The molecule has 37 heavy (non-hydrogen) atoms. The van der Waals surface area contributed by atoms with Crippen molar-refractivity contribution in [3.63, 3.8) is 0 Å². The van der Waals surface area contributed by atoms with Crippen LogP contribution in [0.25, 0.3) is 0 Å². The van der Waals surface area contributed by atoms with Gasteiger partial charge in [0.1, 0.15) is 21.5 Å². The second-order valence-electron chi connectivity index (χ2n) is 10.2. The first-order valence-corrected chi connectivity index (χ1v) is 15.5. The van der Waals surface area contributed by atoms with E-state index in [0.29, 0.717) is 5.56 Å². The van der Waals surface area contributed by atoms with E-state index in [1.165, 1.54) is 22.4 Å². The number of carbonyl (C=O) groups excluding carboxylic acids is 2. The van der Waals surface area contributed by atoms with E-state index in [4.69, 9.17) is 0 Å². The number of anilines is 1. The number of Topliss-reactive ketones (excluding diaryl/α,β-unsaturated/α-hetero) is 1. The van der Waals surface area contributed by atoms with Crippen LogP contribution in [-0.4, -0.2) is 52.1 Å². The summed E-state index contributed by atoms with van der Waals surface area (Å²) in [6.07, 6.45) is 0.957. The van der Waals surface area contributed by atoms with Gasteiger partial charge in [-0.2, -0.15) is 8.42 Å². The Morgan fingerprint density at radius 3 is 2.46 bits per heavy atom. The quantitative estimate of drug-likeness (QED) is 0.508. The molecule has 14 heteroatoms. The van der Waals surface area contributed by atoms with Crippen molar-refractivity contribution < 1.29 is 30.8 Å². The number of hydrogen-bond acceptors (Lipinski definition) is 8. The topological polar surface area (TPSA) is 142 Å². The molecule has 0 saturated carbocycles. The van der Waals surface area contributed by atoms with Gasteiger partial charge in [0.15, 0.2) is 11.7 Å². The van der Waals surface area contributed by atoms with Crippen molar-refractivity contribution >= 4 is 53.9 Å². The van der Waals surface area contributed by atoms with E-state index in [2.05, 4.69) is 14.4 Å². The Kier molecular flexibility index (Phi) is 7.07. The number of piperidine rings is 1. The SMILES string of the molecule is CC(C)(C)C1CN(Cc2ccc(F)cc2)C(=O)C(C2=NS(=O)(=O)c3c(CNS(C)(=O)=O)csc3N2)C1=O. The van der Waals surface area contributed by atoms with Crippen LogP contribution >= 0.6 is 11.3 Å². The van der Waals surface area contributed by atoms with Crippen molar-refractivity contribution in [2.75, 3.05) is 18.1 Å². The smallest absolute Gasteiger partial charge is 0.287 e. The molecule has 1 amide bonds. The maximum absolute atomic E-state index is 13.6. The number of carbonyl (C=O) groups is 2. The molecule has 1 aromatic carbocycles. The van der Waals surface area contributed by atoms with Crippen molar-refractivity contribution in [2.45, 2.75) is 38.8 Å². The Morgan fingerprint density at radius 2 is 1.86 bits per heavy atom. The van der Waals surface area contributed by atoms with Crippen molar-refractivity contribution in [2.24, 2.45) is 21.6 Å². The summed E-state index contributed by atoms with van der Waals surface area (Å²) in [6, 6.07) is 5.65. The molecule has 0 bridgehead atoms. The Balaban J connectivity index is 1.70. The first-order valence-electron chi connectivity index (χ1n) is 11.3. The van der Waals surface area contributed by atoms with Crippen molar-refractivity contribution in [3.05, 3.63) is 46.6 Å². The number of likely N-dealkylation sites (tertiary alicyclic amines) is 1. The van der Waals surface area contributed by atoms with Gasteiger partial charge in [-0.05, 0) is 28.5 Å². The summed E-state index contributed by atoms with van der Waals surface area (Å²) in [5, 5.41) is 4.49.